The lowest BCUT2D eigenvalue weighted by Crippen LogP contribution is -2.64. The van der Waals surface area contributed by atoms with Crippen molar-refractivity contribution in [2.24, 2.45) is 0 Å². The Morgan fingerprint density at radius 2 is 1.48 bits per heavy atom. The maximum absolute atomic E-state index is 13.5. The van der Waals surface area contributed by atoms with Crippen LogP contribution in [0.3, 0.4) is 0 Å². The van der Waals surface area contributed by atoms with Crippen molar-refractivity contribution >= 4 is 29.6 Å². The van der Waals surface area contributed by atoms with E-state index >= 15 is 0 Å². The third kappa shape index (κ3) is 6.51. The molecule has 33 heavy (non-hydrogen) atoms. The molecule has 1 saturated heterocycles. The molecule has 1 aliphatic rings. The topological polar surface area (TPSA) is 150 Å². The van der Waals surface area contributed by atoms with Crippen molar-refractivity contribution in [1.82, 2.24) is 0 Å². The van der Waals surface area contributed by atoms with Crippen LogP contribution in [0.25, 0.3) is 0 Å². The van der Waals surface area contributed by atoms with Gasteiger partial charge in [-0.05, 0) is 18.2 Å². The van der Waals surface area contributed by atoms with Crippen molar-refractivity contribution in [2.75, 3.05) is 12.8 Å². The van der Waals surface area contributed by atoms with Gasteiger partial charge in [0.15, 0.2) is 18.3 Å². The highest BCUT2D eigenvalue weighted by Crippen LogP contribution is 2.35. The Balaban J connectivity index is 2.57. The Bertz CT molecular complexity index is 909. The summed E-state index contributed by atoms with van der Waals surface area (Å²) in [6.07, 6.45) is -11.3. The van der Waals surface area contributed by atoms with Gasteiger partial charge in [-0.2, -0.15) is 0 Å². The molecule has 0 spiro atoms. The standard InChI is InChI=1S/C20H23F2NO10/c1-8(24)29-14-15(30-9(2)25)17(31-10(3)26)20(33-16(14)19(27)28-4)32-13-6-5-11(23)7-12(13)18(21)22/h5-7,14-18,20H,23H2,1-4H3. The zero-order valence-electron chi connectivity index (χ0n) is 18.1. The number of carbonyl (C=O) groups is 4. The van der Waals surface area contributed by atoms with Crippen LogP contribution < -0.4 is 10.5 Å². The maximum atomic E-state index is 13.5. The van der Waals surface area contributed by atoms with E-state index < -0.39 is 72.3 Å². The number of esters is 4. The second kappa shape index (κ2) is 10.9. The first kappa shape index (κ1) is 25.8. The molecular formula is C20H23F2NO10. The van der Waals surface area contributed by atoms with Crippen LogP contribution in [-0.4, -0.2) is 61.7 Å². The summed E-state index contributed by atoms with van der Waals surface area (Å²) in [7, 11) is 1.01. The van der Waals surface area contributed by atoms with Crippen LogP contribution in [0.15, 0.2) is 18.2 Å². The minimum absolute atomic E-state index is 0.0268. The average molecular weight is 475 g/mol. The number of benzene rings is 1. The minimum Gasteiger partial charge on any atom is -0.467 e. The van der Waals surface area contributed by atoms with Crippen LogP contribution in [0.2, 0.25) is 0 Å². The zero-order valence-corrected chi connectivity index (χ0v) is 18.1. The Labute approximate surface area is 187 Å². The van der Waals surface area contributed by atoms with Crippen molar-refractivity contribution < 1.29 is 56.4 Å². The van der Waals surface area contributed by atoms with Gasteiger partial charge in [0.1, 0.15) is 5.75 Å². The molecule has 1 aromatic rings. The van der Waals surface area contributed by atoms with E-state index in [1.807, 2.05) is 0 Å². The summed E-state index contributed by atoms with van der Waals surface area (Å²) in [4.78, 5) is 47.5. The number of anilines is 1. The molecule has 0 saturated carbocycles. The van der Waals surface area contributed by atoms with Gasteiger partial charge in [0, 0.05) is 26.5 Å². The van der Waals surface area contributed by atoms with Gasteiger partial charge in [0.25, 0.3) is 6.43 Å². The highest BCUT2D eigenvalue weighted by atomic mass is 19.3. The van der Waals surface area contributed by atoms with Crippen molar-refractivity contribution in [3.8, 4) is 5.75 Å². The highest BCUT2D eigenvalue weighted by molar-refractivity contribution is 5.77. The summed E-state index contributed by atoms with van der Waals surface area (Å²) in [5.41, 5.74) is 4.97. The number of rotatable bonds is 7. The lowest BCUT2D eigenvalue weighted by molar-refractivity contribution is -0.282. The van der Waals surface area contributed by atoms with Gasteiger partial charge >= 0.3 is 23.9 Å². The molecule has 1 aliphatic heterocycles. The predicted octanol–water partition coefficient (Wildman–Crippen LogP) is 1.28. The SMILES string of the molecule is COC(=O)C1OC(Oc2ccc(N)cc2C(F)F)C(OC(C)=O)C(OC(C)=O)C1OC(C)=O. The number of hydrogen-bond donors (Lipinski definition) is 1. The Hall–Kier alpha value is -3.48. The number of methoxy groups -OCH3 is 1. The number of nitrogen functional groups attached to an aromatic ring is 1. The molecule has 0 amide bonds. The van der Waals surface area contributed by atoms with Gasteiger partial charge in [0.2, 0.25) is 12.4 Å². The molecule has 0 aliphatic carbocycles. The second-order valence-electron chi connectivity index (χ2n) is 6.89. The molecule has 5 unspecified atom stereocenters. The predicted molar refractivity (Wildman–Crippen MR) is 104 cm³/mol. The Morgan fingerprint density at radius 3 is 2.00 bits per heavy atom. The summed E-state index contributed by atoms with van der Waals surface area (Å²) >= 11 is 0. The van der Waals surface area contributed by atoms with E-state index in [-0.39, 0.29) is 5.69 Å². The fourth-order valence-electron chi connectivity index (χ4n) is 3.14. The van der Waals surface area contributed by atoms with Crippen LogP contribution in [-0.2, 0) is 42.9 Å². The molecule has 2 N–H and O–H groups in total. The highest BCUT2D eigenvalue weighted by Gasteiger charge is 2.56. The van der Waals surface area contributed by atoms with E-state index in [1.54, 1.807) is 0 Å². The van der Waals surface area contributed by atoms with Gasteiger partial charge in [-0.15, -0.1) is 0 Å². The normalized spacial score (nSPS) is 24.5. The lowest BCUT2D eigenvalue weighted by Gasteiger charge is -2.43. The third-order valence-corrected chi connectivity index (χ3v) is 4.35. The smallest absolute Gasteiger partial charge is 0.339 e. The molecule has 2 rings (SSSR count). The van der Waals surface area contributed by atoms with Gasteiger partial charge in [-0.3, -0.25) is 14.4 Å². The Morgan fingerprint density at radius 1 is 0.939 bits per heavy atom. The summed E-state index contributed by atoms with van der Waals surface area (Å²) in [5, 5.41) is 0. The Kier molecular flexibility index (Phi) is 8.51. The van der Waals surface area contributed by atoms with Gasteiger partial charge in [-0.25, -0.2) is 13.6 Å². The van der Waals surface area contributed by atoms with Gasteiger partial charge < -0.3 is 34.2 Å². The first-order valence-electron chi connectivity index (χ1n) is 9.53. The van der Waals surface area contributed by atoms with Crippen LogP contribution in [0.1, 0.15) is 32.8 Å². The van der Waals surface area contributed by atoms with Crippen LogP contribution >= 0.6 is 0 Å². The molecule has 13 heteroatoms. The molecule has 0 bridgehead atoms. The number of alkyl halides is 2. The summed E-state index contributed by atoms with van der Waals surface area (Å²) in [6, 6.07) is 3.36. The molecule has 182 valence electrons. The van der Waals surface area contributed by atoms with Gasteiger partial charge in [0.05, 0.1) is 12.7 Å². The van der Waals surface area contributed by atoms with Crippen molar-refractivity contribution in [3.05, 3.63) is 23.8 Å². The minimum atomic E-state index is -3.01. The second-order valence-corrected chi connectivity index (χ2v) is 6.89. The zero-order chi connectivity index (χ0) is 24.9. The summed E-state index contributed by atoms with van der Waals surface area (Å²) in [6.45, 7) is 3.05. The van der Waals surface area contributed by atoms with Crippen LogP contribution in [0.5, 0.6) is 5.75 Å². The molecule has 1 fully saturated rings. The molecule has 0 radical (unpaired) electrons. The largest absolute Gasteiger partial charge is 0.467 e. The van der Waals surface area contributed by atoms with Crippen LogP contribution in [0, 0.1) is 0 Å². The van der Waals surface area contributed by atoms with E-state index in [4.69, 9.17) is 29.4 Å². The number of nitrogens with two attached hydrogens (primary N) is 1. The molecule has 1 aromatic carbocycles. The molecule has 11 nitrogen and oxygen atoms in total. The number of ether oxygens (including phenoxy) is 6. The van der Waals surface area contributed by atoms with E-state index in [2.05, 4.69) is 4.74 Å². The first-order chi connectivity index (χ1) is 15.4. The van der Waals surface area contributed by atoms with Crippen molar-refractivity contribution in [2.45, 2.75) is 57.9 Å². The van der Waals surface area contributed by atoms with Gasteiger partial charge in [-0.1, -0.05) is 0 Å². The first-order valence-corrected chi connectivity index (χ1v) is 9.53. The monoisotopic (exact) mass is 475 g/mol. The molecule has 0 aromatic heterocycles. The van der Waals surface area contributed by atoms with E-state index in [0.717, 1.165) is 40.0 Å². The number of hydrogen-bond acceptors (Lipinski definition) is 11. The summed E-state index contributed by atoms with van der Waals surface area (Å²) in [5.74, 6) is -4.12. The van der Waals surface area contributed by atoms with E-state index in [1.165, 1.54) is 6.07 Å². The molecule has 1 heterocycles. The molecule has 5 atom stereocenters. The van der Waals surface area contributed by atoms with Crippen molar-refractivity contribution in [3.63, 3.8) is 0 Å². The molecular weight excluding hydrogens is 452 g/mol. The number of halogens is 2. The fraction of sp³-hybridized carbons (Fsp3) is 0.500. The van der Waals surface area contributed by atoms with E-state index in [9.17, 15) is 28.0 Å². The van der Waals surface area contributed by atoms with E-state index in [0.29, 0.717) is 0 Å². The number of carbonyl (C=O) groups excluding carboxylic acids is 4. The van der Waals surface area contributed by atoms with Crippen molar-refractivity contribution in [1.29, 1.82) is 0 Å². The fourth-order valence-corrected chi connectivity index (χ4v) is 3.14. The van der Waals surface area contributed by atoms with Crippen LogP contribution in [0.4, 0.5) is 14.5 Å². The lowest BCUT2D eigenvalue weighted by atomic mass is 9.97. The summed E-state index contributed by atoms with van der Waals surface area (Å²) < 4.78 is 58.2. The maximum Gasteiger partial charge on any atom is 0.339 e. The average Bonchev–Trinajstić information content (AvgIpc) is 2.71. The third-order valence-electron chi connectivity index (χ3n) is 4.35. The quantitative estimate of drug-likeness (QED) is 0.345.